The van der Waals surface area contributed by atoms with Crippen molar-refractivity contribution in [1.82, 2.24) is 35.3 Å². The number of H-pyrrole nitrogens is 1. The molecule has 8 nitrogen and oxygen atoms in total. The van der Waals surface area contributed by atoms with Crippen molar-refractivity contribution in [3.8, 4) is 0 Å². The molecular formula is C19H22FN7O. The summed E-state index contributed by atoms with van der Waals surface area (Å²) in [7, 11) is 0. The van der Waals surface area contributed by atoms with E-state index in [4.69, 9.17) is 0 Å². The molecule has 9 heteroatoms. The Hall–Kier alpha value is -2.62. The fourth-order valence-electron chi connectivity index (χ4n) is 4.40. The van der Waals surface area contributed by atoms with Gasteiger partial charge >= 0.3 is 0 Å². The quantitative estimate of drug-likeness (QED) is 0.623. The van der Waals surface area contributed by atoms with Crippen LogP contribution in [0.4, 0.5) is 4.39 Å². The summed E-state index contributed by atoms with van der Waals surface area (Å²) in [6, 6.07) is 8.70. The summed E-state index contributed by atoms with van der Waals surface area (Å²) in [4.78, 5) is 23.3. The van der Waals surface area contributed by atoms with Crippen molar-refractivity contribution in [2.75, 3.05) is 13.1 Å². The summed E-state index contributed by atoms with van der Waals surface area (Å²) >= 11 is 0. The zero-order valence-electron chi connectivity index (χ0n) is 15.5. The molecule has 1 aromatic carbocycles. The second kappa shape index (κ2) is 6.77. The Morgan fingerprint density at radius 3 is 2.96 bits per heavy atom. The topological polar surface area (TPSA) is 90.3 Å². The lowest BCUT2D eigenvalue weighted by Gasteiger charge is -2.36. The molecule has 5 rings (SSSR count). The molecule has 0 radical (unpaired) electrons. The fourth-order valence-corrected chi connectivity index (χ4v) is 4.40. The Balaban J connectivity index is 1.37. The maximum Gasteiger partial charge on any atom is 0.274 e. The van der Waals surface area contributed by atoms with Gasteiger partial charge in [0.25, 0.3) is 11.3 Å². The van der Waals surface area contributed by atoms with Gasteiger partial charge in [0.2, 0.25) is 0 Å². The number of aryl methyl sites for hydroxylation is 1. The number of fused-ring (bicyclic) bond motifs is 2. The monoisotopic (exact) mass is 383 g/mol. The number of hydrazine groups is 1. The van der Waals surface area contributed by atoms with Crippen LogP contribution in [0.3, 0.4) is 0 Å². The summed E-state index contributed by atoms with van der Waals surface area (Å²) < 4.78 is 15.7. The van der Waals surface area contributed by atoms with Crippen molar-refractivity contribution in [2.24, 2.45) is 5.92 Å². The lowest BCUT2D eigenvalue weighted by atomic mass is 9.85. The highest BCUT2D eigenvalue weighted by Crippen LogP contribution is 2.34. The van der Waals surface area contributed by atoms with E-state index in [1.165, 1.54) is 10.6 Å². The van der Waals surface area contributed by atoms with Crippen LogP contribution in [0.2, 0.25) is 0 Å². The van der Waals surface area contributed by atoms with E-state index in [1.807, 2.05) is 12.1 Å². The van der Waals surface area contributed by atoms with E-state index in [1.54, 1.807) is 19.1 Å². The molecule has 2 aliphatic rings. The predicted octanol–water partition coefficient (Wildman–Crippen LogP) is 0.905. The first-order valence-corrected chi connectivity index (χ1v) is 9.51. The minimum atomic E-state index is -0.186. The third kappa shape index (κ3) is 3.01. The molecule has 3 unspecified atom stereocenters. The minimum Gasteiger partial charge on any atom is -0.297 e. The van der Waals surface area contributed by atoms with Crippen LogP contribution in [0.25, 0.3) is 5.78 Å². The standard InChI is InChI=1S/C19H22FN7O/c1-11-21-19-22-12(8-17(28)27(19)25-11)9-26-7-6-16-14(10-26)18(24-23-16)13-4-2-3-5-15(13)20/h2-5,8,14,16,18,23-24H,6-7,9-10H2,1H3,(H,21,22,25). The van der Waals surface area contributed by atoms with Gasteiger partial charge in [0.15, 0.2) is 0 Å². The fraction of sp³-hybridized carbons (Fsp3) is 0.421. The number of likely N-dealkylation sites (tertiary alicyclic amines) is 1. The summed E-state index contributed by atoms with van der Waals surface area (Å²) in [6.07, 6.45) is 0.950. The van der Waals surface area contributed by atoms with E-state index >= 15 is 0 Å². The van der Waals surface area contributed by atoms with Crippen LogP contribution in [0.1, 0.15) is 29.5 Å². The Morgan fingerprint density at radius 2 is 2.11 bits per heavy atom. The van der Waals surface area contributed by atoms with Crippen LogP contribution in [0.15, 0.2) is 35.1 Å². The molecule has 3 atom stereocenters. The number of aromatic amines is 1. The van der Waals surface area contributed by atoms with Crippen molar-refractivity contribution in [2.45, 2.75) is 32.0 Å². The van der Waals surface area contributed by atoms with Crippen LogP contribution in [0, 0.1) is 18.7 Å². The summed E-state index contributed by atoms with van der Waals surface area (Å²) in [6.45, 7) is 4.05. The number of nitrogens with zero attached hydrogens (tertiary/aromatic N) is 4. The number of rotatable bonds is 3. The highest BCUT2D eigenvalue weighted by atomic mass is 19.1. The number of hydrogen-bond acceptors (Lipinski definition) is 6. The lowest BCUT2D eigenvalue weighted by molar-refractivity contribution is 0.146. The number of halogens is 1. The van der Waals surface area contributed by atoms with Gasteiger partial charge in [-0.1, -0.05) is 18.2 Å². The summed E-state index contributed by atoms with van der Waals surface area (Å²) in [5, 5.41) is 2.88. The average molecular weight is 383 g/mol. The molecule has 0 saturated carbocycles. The van der Waals surface area contributed by atoms with Gasteiger partial charge in [0, 0.05) is 43.2 Å². The summed E-state index contributed by atoms with van der Waals surface area (Å²) in [5.74, 6) is 1.10. The van der Waals surface area contributed by atoms with Crippen LogP contribution in [-0.4, -0.2) is 43.6 Å². The second-order valence-corrected chi connectivity index (χ2v) is 7.61. The maximum absolute atomic E-state index is 14.3. The highest BCUT2D eigenvalue weighted by Gasteiger charge is 2.41. The van der Waals surface area contributed by atoms with Crippen molar-refractivity contribution >= 4 is 5.78 Å². The smallest absolute Gasteiger partial charge is 0.274 e. The molecule has 2 aromatic heterocycles. The first kappa shape index (κ1) is 17.5. The zero-order valence-corrected chi connectivity index (χ0v) is 15.5. The van der Waals surface area contributed by atoms with E-state index in [-0.39, 0.29) is 23.3 Å². The van der Waals surface area contributed by atoms with Gasteiger partial charge in [-0.2, -0.15) is 9.50 Å². The molecule has 4 heterocycles. The maximum atomic E-state index is 14.3. The molecule has 0 spiro atoms. The third-order valence-electron chi connectivity index (χ3n) is 5.72. The molecule has 2 aliphatic heterocycles. The molecule has 3 N–H and O–H groups in total. The second-order valence-electron chi connectivity index (χ2n) is 7.61. The van der Waals surface area contributed by atoms with Gasteiger partial charge < -0.3 is 0 Å². The Kier molecular flexibility index (Phi) is 4.22. The third-order valence-corrected chi connectivity index (χ3v) is 5.72. The molecule has 3 aromatic rings. The van der Waals surface area contributed by atoms with Crippen LogP contribution in [-0.2, 0) is 6.54 Å². The molecule has 0 bridgehead atoms. The van der Waals surface area contributed by atoms with Gasteiger partial charge in [0.05, 0.1) is 11.7 Å². The van der Waals surface area contributed by atoms with Gasteiger partial charge in [-0.3, -0.25) is 20.2 Å². The average Bonchev–Trinajstić information content (AvgIpc) is 3.25. The van der Waals surface area contributed by atoms with Crippen molar-refractivity contribution in [3.63, 3.8) is 0 Å². The van der Waals surface area contributed by atoms with Gasteiger partial charge in [-0.25, -0.2) is 14.8 Å². The predicted molar refractivity (Wildman–Crippen MR) is 101 cm³/mol. The van der Waals surface area contributed by atoms with Crippen molar-refractivity contribution in [3.05, 3.63) is 63.6 Å². The van der Waals surface area contributed by atoms with Gasteiger partial charge in [-0.15, -0.1) is 0 Å². The van der Waals surface area contributed by atoms with E-state index in [0.717, 1.165) is 19.5 Å². The van der Waals surface area contributed by atoms with E-state index in [9.17, 15) is 9.18 Å². The molecule has 2 fully saturated rings. The normalized spacial score (nSPS) is 25.3. The first-order valence-electron chi connectivity index (χ1n) is 9.51. The Labute approximate surface area is 160 Å². The zero-order chi connectivity index (χ0) is 19.3. The Morgan fingerprint density at radius 1 is 1.25 bits per heavy atom. The molecule has 0 aliphatic carbocycles. The number of benzene rings is 1. The minimum absolute atomic E-state index is 0.0796. The number of hydrogen-bond donors (Lipinski definition) is 3. The number of piperidine rings is 1. The summed E-state index contributed by atoms with van der Waals surface area (Å²) in [5.41, 5.74) is 7.84. The van der Waals surface area contributed by atoms with Gasteiger partial charge in [-0.05, 0) is 19.4 Å². The van der Waals surface area contributed by atoms with Crippen LogP contribution in [0.5, 0.6) is 0 Å². The van der Waals surface area contributed by atoms with Crippen LogP contribution >= 0.6 is 0 Å². The van der Waals surface area contributed by atoms with Crippen molar-refractivity contribution in [1.29, 1.82) is 0 Å². The number of nitrogens with one attached hydrogen (secondary N) is 3. The molecular weight excluding hydrogens is 361 g/mol. The molecule has 0 amide bonds. The molecule has 146 valence electrons. The molecule has 28 heavy (non-hydrogen) atoms. The number of aromatic nitrogens is 4. The highest BCUT2D eigenvalue weighted by molar-refractivity contribution is 5.28. The van der Waals surface area contributed by atoms with Crippen LogP contribution < -0.4 is 16.4 Å². The van der Waals surface area contributed by atoms with Crippen molar-refractivity contribution < 1.29 is 4.39 Å². The largest absolute Gasteiger partial charge is 0.297 e. The van der Waals surface area contributed by atoms with E-state index in [2.05, 4.69) is 30.8 Å². The van der Waals surface area contributed by atoms with E-state index in [0.29, 0.717) is 35.4 Å². The van der Waals surface area contributed by atoms with E-state index < -0.39 is 0 Å². The van der Waals surface area contributed by atoms with Gasteiger partial charge in [0.1, 0.15) is 11.6 Å². The lowest BCUT2D eigenvalue weighted by Crippen LogP contribution is -2.45. The first-order chi connectivity index (χ1) is 13.6. The SMILES string of the molecule is Cc1nc2nc(CN3CCC4NNC(c5ccccc5F)C4C3)cc(=O)n2[nH]1. The molecule has 2 saturated heterocycles. The Bertz CT molecular complexity index is 1080.